The van der Waals surface area contributed by atoms with Gasteiger partial charge in [0.15, 0.2) is 5.82 Å². The van der Waals surface area contributed by atoms with Crippen molar-refractivity contribution in [1.82, 2.24) is 23.9 Å². The van der Waals surface area contributed by atoms with Crippen molar-refractivity contribution in [3.05, 3.63) is 83.8 Å². The number of aromatic nitrogens is 3. The van der Waals surface area contributed by atoms with E-state index >= 15 is 0 Å². The van der Waals surface area contributed by atoms with Crippen LogP contribution in [0.15, 0.2) is 67.1 Å². The molecule has 2 aromatic carbocycles. The summed E-state index contributed by atoms with van der Waals surface area (Å²) in [6.45, 7) is 3.97. The van der Waals surface area contributed by atoms with Crippen LogP contribution in [-0.4, -0.2) is 63.1 Å². The first kappa shape index (κ1) is 20.5. The zero-order chi connectivity index (χ0) is 23.2. The number of carbonyl (C=O) groups excluding carboxylic acids is 1. The fourth-order valence-electron chi connectivity index (χ4n) is 4.87. The number of nitriles is 1. The van der Waals surface area contributed by atoms with Gasteiger partial charge in [0.2, 0.25) is 0 Å². The Balaban J connectivity index is 1.38. The van der Waals surface area contributed by atoms with Crippen LogP contribution < -0.4 is 0 Å². The van der Waals surface area contributed by atoms with E-state index in [1.165, 1.54) is 0 Å². The van der Waals surface area contributed by atoms with Crippen LogP contribution in [0.2, 0.25) is 0 Å². The molecule has 0 N–H and O–H groups in total. The summed E-state index contributed by atoms with van der Waals surface area (Å²) in [4.78, 5) is 22.1. The van der Waals surface area contributed by atoms with Gasteiger partial charge in [-0.05, 0) is 54.6 Å². The number of rotatable bonds is 2. The number of nitrogens with zero attached hydrogens (tertiary/aromatic N) is 6. The number of hydrogen-bond acceptors (Lipinski definition) is 4. The summed E-state index contributed by atoms with van der Waals surface area (Å²) in [6, 6.07) is 17.9. The molecule has 2 aliphatic heterocycles. The van der Waals surface area contributed by atoms with Gasteiger partial charge < -0.3 is 14.4 Å². The van der Waals surface area contributed by atoms with Gasteiger partial charge in [0, 0.05) is 62.4 Å². The van der Waals surface area contributed by atoms with E-state index in [0.29, 0.717) is 12.1 Å². The molecule has 0 unspecified atom stereocenters. The average Bonchev–Trinajstić information content (AvgIpc) is 3.49. The molecule has 2 aliphatic rings. The molecule has 7 nitrogen and oxygen atoms in total. The Hall–Kier alpha value is -4.15. The predicted molar refractivity (Wildman–Crippen MR) is 130 cm³/mol. The summed E-state index contributed by atoms with van der Waals surface area (Å²) < 4.78 is 4.29. The monoisotopic (exact) mass is 448 g/mol. The lowest BCUT2D eigenvalue weighted by Crippen LogP contribution is -2.47. The standard InChI is InChI=1S/C27H24N6O/c1-30-10-12-31(13-11-30)27(34)21-6-7-24-23(14-21)18-32-17-22(20-4-2-19(16-28)3-5-20)15-25(32)26-29-8-9-33(24)26/h2-9,14-15,17H,10-13,18H2,1H3. The number of fused-ring (bicyclic) bond motifs is 5. The fraction of sp³-hybridized carbons (Fsp3) is 0.222. The van der Waals surface area contributed by atoms with Crippen molar-refractivity contribution in [2.75, 3.05) is 33.2 Å². The highest BCUT2D eigenvalue weighted by atomic mass is 16.2. The van der Waals surface area contributed by atoms with Gasteiger partial charge in [-0.3, -0.25) is 9.36 Å². The van der Waals surface area contributed by atoms with Gasteiger partial charge in [-0.2, -0.15) is 5.26 Å². The van der Waals surface area contributed by atoms with E-state index in [4.69, 9.17) is 5.26 Å². The SMILES string of the molecule is CN1CCN(C(=O)c2ccc3c(c2)Cn2cc(-c4ccc(C#N)cc4)cc2-c2nccn2-3)CC1. The summed E-state index contributed by atoms with van der Waals surface area (Å²) in [5, 5.41) is 9.10. The molecule has 0 aliphatic carbocycles. The second kappa shape index (κ2) is 8.01. The van der Waals surface area contributed by atoms with Crippen molar-refractivity contribution in [2.24, 2.45) is 0 Å². The van der Waals surface area contributed by atoms with E-state index in [1.54, 1.807) is 0 Å². The molecule has 2 aromatic heterocycles. The highest BCUT2D eigenvalue weighted by Crippen LogP contribution is 2.34. The van der Waals surface area contributed by atoms with E-state index in [0.717, 1.165) is 65.6 Å². The van der Waals surface area contributed by atoms with Crippen molar-refractivity contribution >= 4 is 5.91 Å². The van der Waals surface area contributed by atoms with Crippen molar-refractivity contribution in [3.63, 3.8) is 0 Å². The van der Waals surface area contributed by atoms with Crippen molar-refractivity contribution < 1.29 is 4.79 Å². The third-order valence-electron chi connectivity index (χ3n) is 6.83. The second-order valence-electron chi connectivity index (χ2n) is 8.99. The maximum atomic E-state index is 13.2. The van der Waals surface area contributed by atoms with Gasteiger partial charge in [-0.1, -0.05) is 12.1 Å². The highest BCUT2D eigenvalue weighted by Gasteiger charge is 2.24. The molecule has 168 valence electrons. The minimum atomic E-state index is 0.0944. The first-order chi connectivity index (χ1) is 16.6. The Morgan fingerprint density at radius 1 is 1.00 bits per heavy atom. The topological polar surface area (TPSA) is 70.1 Å². The van der Waals surface area contributed by atoms with Crippen LogP contribution >= 0.6 is 0 Å². The summed E-state index contributed by atoms with van der Waals surface area (Å²) in [5.74, 6) is 0.966. The number of amides is 1. The molecule has 4 aromatic rings. The van der Waals surface area contributed by atoms with Crippen molar-refractivity contribution in [3.8, 4) is 34.4 Å². The Morgan fingerprint density at radius 2 is 1.79 bits per heavy atom. The summed E-state index contributed by atoms with van der Waals surface area (Å²) >= 11 is 0. The average molecular weight is 449 g/mol. The molecule has 7 heteroatoms. The third kappa shape index (κ3) is 3.40. The van der Waals surface area contributed by atoms with Crippen molar-refractivity contribution in [1.29, 1.82) is 5.26 Å². The molecule has 1 amide bonds. The molecular weight excluding hydrogens is 424 g/mol. The molecule has 6 rings (SSSR count). The Bertz CT molecular complexity index is 1430. The maximum absolute atomic E-state index is 13.2. The molecule has 0 bridgehead atoms. The number of likely N-dealkylation sites (N-methyl/N-ethyl adjacent to an activating group) is 1. The molecule has 0 saturated carbocycles. The molecule has 0 spiro atoms. The van der Waals surface area contributed by atoms with Crippen LogP contribution in [0.3, 0.4) is 0 Å². The van der Waals surface area contributed by atoms with Crippen LogP contribution in [0.5, 0.6) is 0 Å². The van der Waals surface area contributed by atoms with Gasteiger partial charge in [0.1, 0.15) is 0 Å². The van der Waals surface area contributed by atoms with Crippen molar-refractivity contribution in [2.45, 2.75) is 6.54 Å². The van der Waals surface area contributed by atoms with E-state index in [1.807, 2.05) is 59.8 Å². The van der Waals surface area contributed by atoms with E-state index in [-0.39, 0.29) is 5.91 Å². The molecule has 34 heavy (non-hydrogen) atoms. The van der Waals surface area contributed by atoms with Gasteiger partial charge in [0.25, 0.3) is 5.91 Å². The van der Waals surface area contributed by atoms with Crippen LogP contribution in [0, 0.1) is 11.3 Å². The van der Waals surface area contributed by atoms with E-state index in [9.17, 15) is 4.79 Å². The Labute approximate surface area is 198 Å². The fourth-order valence-corrected chi connectivity index (χ4v) is 4.87. The predicted octanol–water partition coefficient (Wildman–Crippen LogP) is 3.63. The summed E-state index contributed by atoms with van der Waals surface area (Å²) in [6.07, 6.45) is 5.91. The first-order valence-corrected chi connectivity index (χ1v) is 11.5. The number of hydrogen-bond donors (Lipinski definition) is 0. The highest BCUT2D eigenvalue weighted by molar-refractivity contribution is 5.95. The molecule has 1 saturated heterocycles. The maximum Gasteiger partial charge on any atom is 0.253 e. The zero-order valence-electron chi connectivity index (χ0n) is 19.0. The summed E-state index contributed by atoms with van der Waals surface area (Å²) in [7, 11) is 2.09. The minimum absolute atomic E-state index is 0.0944. The molecule has 0 atom stereocenters. The van der Waals surface area contributed by atoms with Crippen LogP contribution in [0.1, 0.15) is 21.5 Å². The quantitative estimate of drug-likeness (QED) is 0.414. The Morgan fingerprint density at radius 3 is 2.56 bits per heavy atom. The van der Waals surface area contributed by atoms with Gasteiger partial charge in [-0.15, -0.1) is 0 Å². The lowest BCUT2D eigenvalue weighted by Gasteiger charge is -2.32. The van der Waals surface area contributed by atoms with Gasteiger partial charge >= 0.3 is 0 Å². The molecule has 4 heterocycles. The third-order valence-corrected chi connectivity index (χ3v) is 6.83. The normalized spacial score (nSPS) is 15.1. The van der Waals surface area contributed by atoms with Gasteiger partial charge in [-0.25, -0.2) is 4.98 Å². The smallest absolute Gasteiger partial charge is 0.253 e. The number of imidazole rings is 1. The zero-order valence-corrected chi connectivity index (χ0v) is 19.0. The van der Waals surface area contributed by atoms with E-state index in [2.05, 4.69) is 44.4 Å². The largest absolute Gasteiger partial charge is 0.340 e. The van der Waals surface area contributed by atoms with Crippen LogP contribution in [0.4, 0.5) is 0 Å². The number of carbonyl (C=O) groups is 1. The molecule has 0 radical (unpaired) electrons. The lowest BCUT2D eigenvalue weighted by atomic mass is 10.1. The minimum Gasteiger partial charge on any atom is -0.340 e. The first-order valence-electron chi connectivity index (χ1n) is 11.5. The second-order valence-corrected chi connectivity index (χ2v) is 8.99. The summed E-state index contributed by atoms with van der Waals surface area (Å²) in [5.41, 5.74) is 6.65. The van der Waals surface area contributed by atoms with Crippen LogP contribution in [0.25, 0.3) is 28.3 Å². The Kier molecular flexibility index (Phi) is 4.82. The van der Waals surface area contributed by atoms with E-state index < -0.39 is 0 Å². The number of piperazine rings is 1. The lowest BCUT2D eigenvalue weighted by molar-refractivity contribution is 0.0664. The van der Waals surface area contributed by atoms with Crippen LogP contribution in [-0.2, 0) is 6.54 Å². The molecular formula is C27H24N6O. The molecule has 1 fully saturated rings. The van der Waals surface area contributed by atoms with Gasteiger partial charge in [0.05, 0.1) is 23.0 Å². The number of benzene rings is 2.